The Bertz CT molecular complexity index is 1080. The highest BCUT2D eigenvalue weighted by Crippen LogP contribution is 2.22. The summed E-state index contributed by atoms with van der Waals surface area (Å²) < 4.78 is 10.8. The third-order valence-corrected chi connectivity index (χ3v) is 4.42. The van der Waals surface area contributed by atoms with E-state index in [4.69, 9.17) is 9.47 Å². The Morgan fingerprint density at radius 3 is 2.48 bits per heavy atom. The summed E-state index contributed by atoms with van der Waals surface area (Å²) >= 11 is 0. The zero-order chi connectivity index (χ0) is 22.1. The van der Waals surface area contributed by atoms with Crippen molar-refractivity contribution >= 4 is 23.2 Å². The second-order valence-electron chi connectivity index (χ2n) is 6.56. The van der Waals surface area contributed by atoms with Crippen molar-refractivity contribution in [3.63, 3.8) is 0 Å². The molecule has 0 aromatic heterocycles. The number of carbonyl (C=O) groups is 1. The molecule has 0 saturated carbocycles. The number of nitrogens with one attached hydrogen (secondary N) is 1. The molecule has 0 fully saturated rings. The first-order chi connectivity index (χ1) is 15.1. The van der Waals surface area contributed by atoms with Gasteiger partial charge in [-0.15, -0.1) is 0 Å². The quantitative estimate of drug-likeness (QED) is 0.184. The number of hydrogen-bond donors (Lipinski definition) is 1. The van der Waals surface area contributed by atoms with Gasteiger partial charge in [0.15, 0.2) is 0 Å². The summed E-state index contributed by atoms with van der Waals surface area (Å²) in [4.78, 5) is 23.5. The zero-order valence-electron chi connectivity index (χ0n) is 17.0. The van der Waals surface area contributed by atoms with Gasteiger partial charge in [-0.05, 0) is 29.3 Å². The topological polar surface area (TPSA) is 90.7 Å². The number of benzene rings is 3. The molecule has 7 nitrogen and oxygen atoms in total. The molecule has 0 radical (unpaired) electrons. The normalized spacial score (nSPS) is 10.9. The van der Waals surface area contributed by atoms with E-state index < -0.39 is 4.92 Å². The lowest BCUT2D eigenvalue weighted by atomic mass is 10.0. The van der Waals surface area contributed by atoms with Crippen LogP contribution in [0.5, 0.6) is 11.5 Å². The number of hydrogen-bond acceptors (Lipinski definition) is 5. The van der Waals surface area contributed by atoms with Gasteiger partial charge in [-0.2, -0.15) is 0 Å². The standard InChI is InChI=1S/C24H22N2O5/c1-30-21-11-6-12-22(17-21)31-14-13-25-24(27)23(19-8-3-2-4-9-19)16-18-7-5-10-20(15-18)26(28)29/h2-12,15-17H,13-14H2,1H3,(H,25,27)/b23-16+. The van der Waals surface area contributed by atoms with Crippen LogP contribution in [0, 0.1) is 10.1 Å². The molecule has 0 heterocycles. The number of methoxy groups -OCH3 is 1. The zero-order valence-corrected chi connectivity index (χ0v) is 17.0. The van der Waals surface area contributed by atoms with Crippen molar-refractivity contribution in [2.24, 2.45) is 0 Å². The van der Waals surface area contributed by atoms with Gasteiger partial charge in [-0.25, -0.2) is 0 Å². The molecule has 0 saturated heterocycles. The lowest BCUT2D eigenvalue weighted by molar-refractivity contribution is -0.384. The van der Waals surface area contributed by atoms with E-state index in [1.54, 1.807) is 31.4 Å². The molecule has 3 aromatic rings. The Morgan fingerprint density at radius 2 is 1.74 bits per heavy atom. The summed E-state index contributed by atoms with van der Waals surface area (Å²) in [6, 6.07) is 22.5. The van der Waals surface area contributed by atoms with Crippen LogP contribution in [0.4, 0.5) is 5.69 Å². The van der Waals surface area contributed by atoms with Crippen molar-refractivity contribution in [3.05, 3.63) is 100 Å². The molecule has 0 aliphatic carbocycles. The second-order valence-corrected chi connectivity index (χ2v) is 6.56. The average Bonchev–Trinajstić information content (AvgIpc) is 2.81. The summed E-state index contributed by atoms with van der Waals surface area (Å²) in [5, 5.41) is 13.9. The van der Waals surface area contributed by atoms with E-state index in [1.165, 1.54) is 12.1 Å². The Balaban J connectivity index is 1.71. The number of carbonyl (C=O) groups excluding carboxylic acids is 1. The van der Waals surface area contributed by atoms with Gasteiger partial charge in [0.05, 0.1) is 18.6 Å². The Morgan fingerprint density at radius 1 is 1.00 bits per heavy atom. The van der Waals surface area contributed by atoms with Crippen LogP contribution >= 0.6 is 0 Å². The van der Waals surface area contributed by atoms with Gasteiger partial charge in [0.2, 0.25) is 0 Å². The predicted octanol–water partition coefficient (Wildman–Crippen LogP) is 4.34. The number of nitrogens with zero attached hydrogens (tertiary/aromatic N) is 1. The van der Waals surface area contributed by atoms with E-state index in [-0.39, 0.29) is 24.7 Å². The van der Waals surface area contributed by atoms with Gasteiger partial charge in [0.1, 0.15) is 18.1 Å². The maximum atomic E-state index is 12.9. The summed E-state index contributed by atoms with van der Waals surface area (Å²) in [7, 11) is 1.58. The number of rotatable bonds is 9. The summed E-state index contributed by atoms with van der Waals surface area (Å²) in [6.07, 6.45) is 1.64. The molecule has 3 rings (SSSR count). The molecule has 0 unspecified atom stereocenters. The fourth-order valence-electron chi connectivity index (χ4n) is 2.91. The van der Waals surface area contributed by atoms with Gasteiger partial charge in [0.25, 0.3) is 11.6 Å². The van der Waals surface area contributed by atoms with E-state index in [0.29, 0.717) is 28.2 Å². The van der Waals surface area contributed by atoms with Crippen molar-refractivity contribution in [2.75, 3.05) is 20.3 Å². The molecule has 3 aromatic carbocycles. The minimum Gasteiger partial charge on any atom is -0.497 e. The molecule has 0 atom stereocenters. The summed E-state index contributed by atoms with van der Waals surface area (Å²) in [5.41, 5.74) is 1.65. The van der Waals surface area contributed by atoms with Crippen molar-refractivity contribution < 1.29 is 19.2 Å². The van der Waals surface area contributed by atoms with Crippen molar-refractivity contribution in [2.45, 2.75) is 0 Å². The molecule has 7 heteroatoms. The SMILES string of the molecule is COc1cccc(OCCNC(=O)/C(=C/c2cccc([N+](=O)[O-])c2)c2ccccc2)c1. The molecular weight excluding hydrogens is 396 g/mol. The third-order valence-electron chi connectivity index (χ3n) is 4.42. The van der Waals surface area contributed by atoms with Crippen LogP contribution in [0.15, 0.2) is 78.9 Å². The Labute approximate surface area is 180 Å². The lowest BCUT2D eigenvalue weighted by Gasteiger charge is -2.11. The van der Waals surface area contributed by atoms with E-state index >= 15 is 0 Å². The lowest BCUT2D eigenvalue weighted by Crippen LogP contribution is -2.28. The first kappa shape index (κ1) is 21.6. The highest BCUT2D eigenvalue weighted by atomic mass is 16.6. The van der Waals surface area contributed by atoms with Crippen LogP contribution in [0.3, 0.4) is 0 Å². The first-order valence-electron chi connectivity index (χ1n) is 9.63. The van der Waals surface area contributed by atoms with E-state index in [2.05, 4.69) is 5.32 Å². The van der Waals surface area contributed by atoms with Gasteiger partial charge in [-0.1, -0.05) is 48.5 Å². The molecule has 0 spiro atoms. The van der Waals surface area contributed by atoms with Crippen molar-refractivity contribution in [1.29, 1.82) is 0 Å². The fourth-order valence-corrected chi connectivity index (χ4v) is 2.91. The molecule has 31 heavy (non-hydrogen) atoms. The maximum absolute atomic E-state index is 12.9. The number of amides is 1. The molecule has 0 bridgehead atoms. The van der Waals surface area contributed by atoms with Crippen molar-refractivity contribution in [3.8, 4) is 11.5 Å². The number of nitro benzene ring substituents is 1. The fraction of sp³-hybridized carbons (Fsp3) is 0.125. The van der Waals surface area contributed by atoms with Crippen LogP contribution in [-0.2, 0) is 4.79 Å². The third kappa shape index (κ3) is 6.17. The predicted molar refractivity (Wildman–Crippen MR) is 119 cm³/mol. The minimum atomic E-state index is -0.463. The minimum absolute atomic E-state index is 0.0340. The maximum Gasteiger partial charge on any atom is 0.270 e. The Kier molecular flexibility index (Phi) is 7.37. The molecule has 0 aliphatic rings. The van der Waals surface area contributed by atoms with Crippen molar-refractivity contribution in [1.82, 2.24) is 5.32 Å². The molecule has 1 N–H and O–H groups in total. The van der Waals surface area contributed by atoms with Crippen LogP contribution in [-0.4, -0.2) is 31.1 Å². The van der Waals surface area contributed by atoms with E-state index in [9.17, 15) is 14.9 Å². The van der Waals surface area contributed by atoms with Crippen LogP contribution in [0.25, 0.3) is 11.6 Å². The first-order valence-corrected chi connectivity index (χ1v) is 9.63. The average molecular weight is 418 g/mol. The number of nitro groups is 1. The van der Waals surface area contributed by atoms with Crippen LogP contribution < -0.4 is 14.8 Å². The van der Waals surface area contributed by atoms with E-state index in [1.807, 2.05) is 48.5 Å². The van der Waals surface area contributed by atoms with E-state index in [0.717, 1.165) is 0 Å². The molecule has 1 amide bonds. The molecular formula is C24H22N2O5. The van der Waals surface area contributed by atoms with Crippen LogP contribution in [0.1, 0.15) is 11.1 Å². The second kappa shape index (κ2) is 10.6. The van der Waals surface area contributed by atoms with Gasteiger partial charge >= 0.3 is 0 Å². The highest BCUT2D eigenvalue weighted by molar-refractivity contribution is 6.24. The largest absolute Gasteiger partial charge is 0.497 e. The van der Waals surface area contributed by atoms with Crippen LogP contribution in [0.2, 0.25) is 0 Å². The summed E-state index contributed by atoms with van der Waals surface area (Å²) in [6.45, 7) is 0.562. The van der Waals surface area contributed by atoms with Gasteiger partial charge in [-0.3, -0.25) is 14.9 Å². The van der Waals surface area contributed by atoms with Gasteiger partial charge < -0.3 is 14.8 Å². The Hall–Kier alpha value is -4.13. The van der Waals surface area contributed by atoms with Gasteiger partial charge in [0, 0.05) is 23.8 Å². The number of ether oxygens (including phenoxy) is 2. The highest BCUT2D eigenvalue weighted by Gasteiger charge is 2.13. The smallest absolute Gasteiger partial charge is 0.270 e. The number of non-ortho nitro benzene ring substituents is 1. The molecule has 158 valence electrons. The molecule has 0 aliphatic heterocycles. The monoisotopic (exact) mass is 418 g/mol. The summed E-state index contributed by atoms with van der Waals surface area (Å²) in [5.74, 6) is 1.03.